The summed E-state index contributed by atoms with van der Waals surface area (Å²) < 4.78 is 18.3. The van der Waals surface area contributed by atoms with E-state index in [1.54, 1.807) is 0 Å². The average molecular weight is 526 g/mol. The Hall–Kier alpha value is -3.30. The number of ether oxygens (including phenoxy) is 3. The first-order valence-electron chi connectivity index (χ1n) is 13.3. The summed E-state index contributed by atoms with van der Waals surface area (Å²) in [6.45, 7) is 2.19. The number of benzene rings is 4. The number of carbonyl (C=O) groups is 1. The van der Waals surface area contributed by atoms with Crippen LogP contribution in [0.3, 0.4) is 0 Å². The quantitative estimate of drug-likeness (QED) is 0.205. The highest BCUT2D eigenvalue weighted by Gasteiger charge is 2.49. The monoisotopic (exact) mass is 525 g/mol. The average Bonchev–Trinajstić information content (AvgIpc) is 2.98. The van der Waals surface area contributed by atoms with Crippen molar-refractivity contribution in [2.75, 3.05) is 12.8 Å². The van der Waals surface area contributed by atoms with Gasteiger partial charge in [-0.05, 0) is 43.3 Å². The Bertz CT molecular complexity index is 1190. The fourth-order valence-corrected chi connectivity index (χ4v) is 9.74. The normalized spacial score (nSPS) is 19.6. The zero-order valence-corrected chi connectivity index (χ0v) is 22.6. The molecule has 0 aromatic heterocycles. The minimum absolute atomic E-state index is 0.123. The second-order valence-electron chi connectivity index (χ2n) is 9.50. The molecule has 0 saturated carbocycles. The van der Waals surface area contributed by atoms with Crippen LogP contribution in [0.1, 0.15) is 31.6 Å². The maximum atomic E-state index is 12.5. The molecular formula is C33H34O4P+. The molecule has 1 saturated heterocycles. The molecule has 38 heavy (non-hydrogen) atoms. The molecule has 3 atom stereocenters. The van der Waals surface area contributed by atoms with E-state index in [9.17, 15) is 4.79 Å². The summed E-state index contributed by atoms with van der Waals surface area (Å²) in [6, 6.07) is 42.4. The lowest BCUT2D eigenvalue weighted by atomic mass is 10.1. The van der Waals surface area contributed by atoms with Crippen LogP contribution in [0, 0.1) is 0 Å². The Kier molecular flexibility index (Phi) is 8.65. The molecule has 0 aliphatic carbocycles. The summed E-state index contributed by atoms with van der Waals surface area (Å²) in [5.74, 6) is -0.236. The van der Waals surface area contributed by atoms with Crippen LogP contribution in [0.15, 0.2) is 121 Å². The molecule has 0 amide bonds. The van der Waals surface area contributed by atoms with E-state index >= 15 is 0 Å². The van der Waals surface area contributed by atoms with Crippen molar-refractivity contribution in [3.63, 3.8) is 0 Å². The van der Waals surface area contributed by atoms with Crippen LogP contribution in [0.2, 0.25) is 0 Å². The molecule has 0 spiro atoms. The third-order valence-corrected chi connectivity index (χ3v) is 11.5. The van der Waals surface area contributed by atoms with Gasteiger partial charge in [0.15, 0.2) is 6.29 Å². The third-order valence-electron chi connectivity index (χ3n) is 7.00. The maximum absolute atomic E-state index is 12.5. The summed E-state index contributed by atoms with van der Waals surface area (Å²) in [7, 11) is -2.11. The van der Waals surface area contributed by atoms with Crippen molar-refractivity contribution in [1.29, 1.82) is 0 Å². The molecule has 1 aliphatic heterocycles. The third kappa shape index (κ3) is 5.89. The lowest BCUT2D eigenvalue weighted by molar-refractivity contribution is -0.244. The summed E-state index contributed by atoms with van der Waals surface area (Å²) in [6.07, 6.45) is 0.681. The van der Waals surface area contributed by atoms with E-state index in [4.69, 9.17) is 14.2 Å². The van der Waals surface area contributed by atoms with Crippen molar-refractivity contribution >= 4 is 29.1 Å². The predicted molar refractivity (Wildman–Crippen MR) is 155 cm³/mol. The van der Waals surface area contributed by atoms with Gasteiger partial charge in [0.05, 0.1) is 25.2 Å². The van der Waals surface area contributed by atoms with E-state index in [0.717, 1.165) is 11.7 Å². The molecule has 4 aromatic carbocycles. The van der Waals surface area contributed by atoms with Crippen molar-refractivity contribution in [2.24, 2.45) is 0 Å². The van der Waals surface area contributed by atoms with Crippen LogP contribution in [0.4, 0.5) is 0 Å². The van der Waals surface area contributed by atoms with Gasteiger partial charge in [-0.1, -0.05) is 84.9 Å². The number of rotatable bonds is 9. The van der Waals surface area contributed by atoms with Crippen molar-refractivity contribution < 1.29 is 19.0 Å². The van der Waals surface area contributed by atoms with Crippen LogP contribution < -0.4 is 15.9 Å². The van der Waals surface area contributed by atoms with Crippen molar-refractivity contribution in [2.45, 2.75) is 38.3 Å². The van der Waals surface area contributed by atoms with E-state index in [1.807, 2.05) is 37.3 Å². The topological polar surface area (TPSA) is 44.8 Å². The fraction of sp³-hybridized carbons (Fsp3) is 0.242. The van der Waals surface area contributed by atoms with Crippen LogP contribution in [0.25, 0.3) is 0 Å². The molecule has 1 aliphatic rings. The molecule has 194 valence electrons. The Morgan fingerprint density at radius 2 is 1.16 bits per heavy atom. The van der Waals surface area contributed by atoms with Crippen molar-refractivity contribution in [3.05, 3.63) is 127 Å². The first-order valence-corrected chi connectivity index (χ1v) is 15.2. The first-order chi connectivity index (χ1) is 18.7. The summed E-state index contributed by atoms with van der Waals surface area (Å²) in [5, 5.41) is 3.93. The van der Waals surface area contributed by atoms with E-state index in [-0.39, 0.29) is 24.6 Å². The van der Waals surface area contributed by atoms with Gasteiger partial charge in [0, 0.05) is 12.0 Å². The van der Waals surface area contributed by atoms with Gasteiger partial charge in [-0.15, -0.1) is 0 Å². The van der Waals surface area contributed by atoms with Gasteiger partial charge in [-0.2, -0.15) is 0 Å². The summed E-state index contributed by atoms with van der Waals surface area (Å²) >= 11 is 0. The van der Waals surface area contributed by atoms with Gasteiger partial charge in [0.2, 0.25) is 0 Å². The summed E-state index contributed by atoms with van der Waals surface area (Å²) in [4.78, 5) is 12.5. The first kappa shape index (κ1) is 26.3. The maximum Gasteiger partial charge on any atom is 0.308 e. The molecule has 0 bridgehead atoms. The zero-order valence-electron chi connectivity index (χ0n) is 21.7. The number of carbonyl (C=O) groups excluding carboxylic acids is 1. The lowest BCUT2D eigenvalue weighted by Crippen LogP contribution is -2.42. The smallest absolute Gasteiger partial charge is 0.308 e. The number of esters is 1. The van der Waals surface area contributed by atoms with Gasteiger partial charge in [0.25, 0.3) is 0 Å². The molecule has 4 nitrogen and oxygen atoms in total. The predicted octanol–water partition coefficient (Wildman–Crippen LogP) is 5.81. The highest BCUT2D eigenvalue weighted by Crippen LogP contribution is 2.57. The number of hydrogen-bond donors (Lipinski definition) is 0. The van der Waals surface area contributed by atoms with E-state index in [0.29, 0.717) is 13.0 Å². The fourth-order valence-electron chi connectivity index (χ4n) is 5.32. The Morgan fingerprint density at radius 3 is 1.63 bits per heavy atom. The van der Waals surface area contributed by atoms with Crippen LogP contribution in [-0.2, 0) is 19.0 Å². The molecule has 1 heterocycles. The molecule has 5 heteroatoms. The molecular weight excluding hydrogens is 491 g/mol. The van der Waals surface area contributed by atoms with Crippen molar-refractivity contribution in [3.8, 4) is 0 Å². The summed E-state index contributed by atoms with van der Waals surface area (Å²) in [5.41, 5.74) is 0.953. The van der Waals surface area contributed by atoms with Crippen molar-refractivity contribution in [1.82, 2.24) is 0 Å². The Labute approximate surface area is 225 Å². The minimum Gasteiger partial charge on any atom is -0.466 e. The van der Waals surface area contributed by atoms with Gasteiger partial charge < -0.3 is 14.2 Å². The lowest BCUT2D eigenvalue weighted by Gasteiger charge is -2.38. The zero-order chi connectivity index (χ0) is 26.2. The van der Waals surface area contributed by atoms with Crippen LogP contribution in [-0.4, -0.2) is 30.9 Å². The Balaban J connectivity index is 1.58. The van der Waals surface area contributed by atoms with E-state index in [1.165, 1.54) is 15.9 Å². The molecule has 1 unspecified atom stereocenters. The number of hydrogen-bond acceptors (Lipinski definition) is 4. The molecule has 0 radical (unpaired) electrons. The van der Waals surface area contributed by atoms with Gasteiger partial charge >= 0.3 is 5.97 Å². The standard InChI is InChI=1S/C33H34O4P/c1-2-35-32(34)24-27-23-28(37-33(36-27)26-15-7-3-8-16-26)25-38(29-17-9-4-10-18-29,30-19-11-5-12-20-30)31-21-13-6-14-22-31/h3-22,27-28,33H,2,23-25H2,1H3/q+1/t27-,28+,33?/m1/s1. The molecule has 1 fully saturated rings. The minimum atomic E-state index is -2.11. The van der Waals surface area contributed by atoms with Gasteiger partial charge in [-0.25, -0.2) is 0 Å². The second kappa shape index (κ2) is 12.5. The van der Waals surface area contributed by atoms with Gasteiger partial charge in [-0.3, -0.25) is 4.79 Å². The molecule has 5 rings (SSSR count). The van der Waals surface area contributed by atoms with Crippen LogP contribution >= 0.6 is 7.26 Å². The van der Waals surface area contributed by atoms with E-state index in [2.05, 4.69) is 91.0 Å². The highest BCUT2D eigenvalue weighted by molar-refractivity contribution is 7.95. The highest BCUT2D eigenvalue weighted by atomic mass is 31.2. The van der Waals surface area contributed by atoms with Crippen LogP contribution in [0.5, 0.6) is 0 Å². The van der Waals surface area contributed by atoms with E-state index < -0.39 is 13.6 Å². The largest absolute Gasteiger partial charge is 0.466 e. The second-order valence-corrected chi connectivity index (χ2v) is 13.0. The molecule has 4 aromatic rings. The SMILES string of the molecule is CCOC(=O)C[C@H]1C[C@@H](C[P+](c2ccccc2)(c2ccccc2)c2ccccc2)OC(c2ccccc2)O1. The van der Waals surface area contributed by atoms with Gasteiger partial charge in [0.1, 0.15) is 29.3 Å². The Morgan fingerprint density at radius 1 is 0.711 bits per heavy atom. The molecule has 0 N–H and O–H groups in total.